The van der Waals surface area contributed by atoms with Gasteiger partial charge in [-0.1, -0.05) is 24.3 Å². The lowest BCUT2D eigenvalue weighted by Crippen LogP contribution is -1.90. The number of benzene rings is 1. The van der Waals surface area contributed by atoms with E-state index in [-0.39, 0.29) is 0 Å². The van der Waals surface area contributed by atoms with Gasteiger partial charge in [-0.3, -0.25) is 9.78 Å². The van der Waals surface area contributed by atoms with Crippen molar-refractivity contribution in [2.75, 3.05) is 0 Å². The lowest BCUT2D eigenvalue weighted by Gasteiger charge is -2.06. The summed E-state index contributed by atoms with van der Waals surface area (Å²) in [5.74, 6) is 0. The molecule has 2 heteroatoms. The van der Waals surface area contributed by atoms with Crippen LogP contribution in [0.3, 0.4) is 0 Å². The molecule has 0 aliphatic carbocycles. The summed E-state index contributed by atoms with van der Waals surface area (Å²) in [6, 6.07) is 9.48. The Kier molecular flexibility index (Phi) is 2.59. The van der Waals surface area contributed by atoms with E-state index in [1.807, 2.05) is 37.3 Å². The zero-order valence-corrected chi connectivity index (χ0v) is 8.47. The second-order valence-electron chi connectivity index (χ2n) is 3.40. The van der Waals surface area contributed by atoms with Gasteiger partial charge in [0.1, 0.15) is 0 Å². The highest BCUT2D eigenvalue weighted by atomic mass is 16.1. The van der Waals surface area contributed by atoms with Gasteiger partial charge in [-0.2, -0.15) is 0 Å². The van der Waals surface area contributed by atoms with Gasteiger partial charge in [0.05, 0.1) is 0 Å². The summed E-state index contributed by atoms with van der Waals surface area (Å²) in [7, 11) is 0. The molecule has 0 radical (unpaired) electrons. The molecule has 1 aromatic carbocycles. The van der Waals surface area contributed by atoms with Gasteiger partial charge in [0.2, 0.25) is 0 Å². The maximum absolute atomic E-state index is 10.9. The quantitative estimate of drug-likeness (QED) is 0.693. The molecule has 0 aliphatic heterocycles. The molecule has 0 bridgehead atoms. The third-order valence-electron chi connectivity index (χ3n) is 2.42. The van der Waals surface area contributed by atoms with E-state index in [1.54, 1.807) is 12.4 Å². The minimum Gasteiger partial charge on any atom is -0.298 e. The van der Waals surface area contributed by atoms with Gasteiger partial charge in [0, 0.05) is 23.5 Å². The minimum atomic E-state index is 0.702. The zero-order valence-electron chi connectivity index (χ0n) is 8.47. The van der Waals surface area contributed by atoms with E-state index in [2.05, 4.69) is 4.98 Å². The topological polar surface area (TPSA) is 30.0 Å². The number of carbonyl (C=O) groups is 1. The van der Waals surface area contributed by atoms with E-state index < -0.39 is 0 Å². The number of rotatable bonds is 2. The Bertz CT molecular complexity index is 491. The number of hydrogen-bond acceptors (Lipinski definition) is 2. The van der Waals surface area contributed by atoms with E-state index >= 15 is 0 Å². The average Bonchev–Trinajstić information content (AvgIpc) is 2.30. The monoisotopic (exact) mass is 197 g/mol. The zero-order chi connectivity index (χ0) is 10.7. The maximum Gasteiger partial charge on any atom is 0.150 e. The number of carbonyl (C=O) groups excluding carboxylic acids is 1. The van der Waals surface area contributed by atoms with Crippen LogP contribution in [0, 0.1) is 6.92 Å². The van der Waals surface area contributed by atoms with Crippen molar-refractivity contribution in [3.63, 3.8) is 0 Å². The number of aldehydes is 1. The number of nitrogens with zero attached hydrogens (tertiary/aromatic N) is 1. The van der Waals surface area contributed by atoms with Gasteiger partial charge < -0.3 is 0 Å². The molecule has 15 heavy (non-hydrogen) atoms. The second-order valence-corrected chi connectivity index (χ2v) is 3.40. The first-order valence-corrected chi connectivity index (χ1v) is 4.78. The van der Waals surface area contributed by atoms with Gasteiger partial charge in [0.25, 0.3) is 0 Å². The lowest BCUT2D eigenvalue weighted by atomic mass is 9.99. The van der Waals surface area contributed by atoms with E-state index in [1.165, 1.54) is 0 Å². The molecule has 74 valence electrons. The van der Waals surface area contributed by atoms with Crippen molar-refractivity contribution in [2.24, 2.45) is 0 Å². The molecule has 0 atom stereocenters. The molecule has 0 saturated heterocycles. The molecular weight excluding hydrogens is 186 g/mol. The van der Waals surface area contributed by atoms with Crippen LogP contribution >= 0.6 is 0 Å². The first-order chi connectivity index (χ1) is 7.33. The van der Waals surface area contributed by atoms with Crippen LogP contribution in [0.4, 0.5) is 0 Å². The van der Waals surface area contributed by atoms with E-state index in [4.69, 9.17) is 0 Å². The lowest BCUT2D eigenvalue weighted by molar-refractivity contribution is 0.112. The van der Waals surface area contributed by atoms with Crippen LogP contribution in [-0.4, -0.2) is 11.3 Å². The smallest absolute Gasteiger partial charge is 0.150 e. The molecule has 0 amide bonds. The molecule has 0 N–H and O–H groups in total. The Morgan fingerprint density at radius 3 is 2.67 bits per heavy atom. The summed E-state index contributed by atoms with van der Waals surface area (Å²) >= 11 is 0. The van der Waals surface area contributed by atoms with Crippen molar-refractivity contribution < 1.29 is 4.79 Å². The molecule has 2 aromatic rings. The molecule has 0 unspecified atom stereocenters. The maximum atomic E-state index is 10.9. The fraction of sp³-hybridized carbons (Fsp3) is 0.0769. The number of hydrogen-bond donors (Lipinski definition) is 0. The fourth-order valence-electron chi connectivity index (χ4n) is 1.59. The summed E-state index contributed by atoms with van der Waals surface area (Å²) in [6.45, 7) is 2.01. The summed E-state index contributed by atoms with van der Waals surface area (Å²) in [5, 5.41) is 0. The first kappa shape index (κ1) is 9.59. The Balaban J connectivity index is 2.64. The highest BCUT2D eigenvalue weighted by Gasteiger charge is 2.05. The van der Waals surface area contributed by atoms with Crippen molar-refractivity contribution in [2.45, 2.75) is 6.92 Å². The van der Waals surface area contributed by atoms with Gasteiger partial charge in [0.15, 0.2) is 6.29 Å². The van der Waals surface area contributed by atoms with Crippen LogP contribution in [0.2, 0.25) is 0 Å². The molecule has 0 fully saturated rings. The molecule has 0 spiro atoms. The van der Waals surface area contributed by atoms with Crippen molar-refractivity contribution in [3.8, 4) is 11.1 Å². The van der Waals surface area contributed by atoms with Crippen LogP contribution in [-0.2, 0) is 0 Å². The van der Waals surface area contributed by atoms with Crippen molar-refractivity contribution in [1.82, 2.24) is 4.98 Å². The molecule has 1 aromatic heterocycles. The third-order valence-corrected chi connectivity index (χ3v) is 2.42. The van der Waals surface area contributed by atoms with E-state index in [0.29, 0.717) is 5.56 Å². The van der Waals surface area contributed by atoms with Crippen LogP contribution < -0.4 is 0 Å². The van der Waals surface area contributed by atoms with E-state index in [9.17, 15) is 4.79 Å². The minimum absolute atomic E-state index is 0.702. The summed E-state index contributed by atoms with van der Waals surface area (Å²) in [6.07, 6.45) is 4.42. The standard InChI is InChI=1S/C13H11NO/c1-10-6-7-14-8-13(10)12-5-3-2-4-11(12)9-15/h2-9H,1H3. The summed E-state index contributed by atoms with van der Waals surface area (Å²) in [4.78, 5) is 15.0. The fourth-order valence-corrected chi connectivity index (χ4v) is 1.59. The van der Waals surface area contributed by atoms with Crippen molar-refractivity contribution in [3.05, 3.63) is 53.9 Å². The highest BCUT2D eigenvalue weighted by molar-refractivity contribution is 5.88. The Hall–Kier alpha value is -1.96. The Morgan fingerprint density at radius 1 is 1.13 bits per heavy atom. The molecule has 2 nitrogen and oxygen atoms in total. The Labute approximate surface area is 88.6 Å². The molecule has 0 aliphatic rings. The van der Waals surface area contributed by atoms with Gasteiger partial charge in [-0.15, -0.1) is 0 Å². The molecule has 1 heterocycles. The summed E-state index contributed by atoms with van der Waals surface area (Å²) < 4.78 is 0. The Morgan fingerprint density at radius 2 is 1.93 bits per heavy atom. The SMILES string of the molecule is Cc1ccncc1-c1ccccc1C=O. The van der Waals surface area contributed by atoms with Crippen molar-refractivity contribution >= 4 is 6.29 Å². The van der Waals surface area contributed by atoms with Crippen LogP contribution in [0.1, 0.15) is 15.9 Å². The largest absolute Gasteiger partial charge is 0.298 e. The predicted octanol–water partition coefficient (Wildman–Crippen LogP) is 2.87. The van der Waals surface area contributed by atoms with Crippen LogP contribution in [0.5, 0.6) is 0 Å². The molecular formula is C13H11NO. The number of pyridine rings is 1. The van der Waals surface area contributed by atoms with Crippen molar-refractivity contribution in [1.29, 1.82) is 0 Å². The third kappa shape index (κ3) is 1.79. The van der Waals surface area contributed by atoms with Gasteiger partial charge >= 0.3 is 0 Å². The van der Waals surface area contributed by atoms with E-state index in [0.717, 1.165) is 23.0 Å². The summed E-state index contributed by atoms with van der Waals surface area (Å²) in [5.41, 5.74) is 3.78. The van der Waals surface area contributed by atoms with Gasteiger partial charge in [-0.25, -0.2) is 0 Å². The predicted molar refractivity (Wildman–Crippen MR) is 59.8 cm³/mol. The van der Waals surface area contributed by atoms with Crippen LogP contribution in [0.25, 0.3) is 11.1 Å². The number of aromatic nitrogens is 1. The van der Waals surface area contributed by atoms with Crippen LogP contribution in [0.15, 0.2) is 42.7 Å². The molecule has 0 saturated carbocycles. The second kappa shape index (κ2) is 4.05. The average molecular weight is 197 g/mol. The first-order valence-electron chi connectivity index (χ1n) is 4.78. The van der Waals surface area contributed by atoms with Gasteiger partial charge in [-0.05, 0) is 24.1 Å². The number of aryl methyl sites for hydroxylation is 1. The normalized spacial score (nSPS) is 9.93. The highest BCUT2D eigenvalue weighted by Crippen LogP contribution is 2.24. The molecule has 2 rings (SSSR count).